The zero-order valence-electron chi connectivity index (χ0n) is 10.9. The normalized spacial score (nSPS) is 35.9. The molecule has 2 aliphatic heterocycles. The third-order valence-electron chi connectivity index (χ3n) is 4.61. The summed E-state index contributed by atoms with van der Waals surface area (Å²) in [4.78, 5) is 2.33. The molecule has 1 aliphatic carbocycles. The van der Waals surface area contributed by atoms with Gasteiger partial charge in [-0.3, -0.25) is 4.90 Å². The molecule has 0 bridgehead atoms. The lowest BCUT2D eigenvalue weighted by molar-refractivity contribution is -0.0645. The molecule has 4 heteroatoms. The SMILES string of the molecule is N#CC1CN(CC2CCC3(CCCC3)O2)CCO1. The van der Waals surface area contributed by atoms with Crippen LogP contribution in [0.25, 0.3) is 0 Å². The van der Waals surface area contributed by atoms with Gasteiger partial charge in [-0.1, -0.05) is 12.8 Å². The van der Waals surface area contributed by atoms with Crippen molar-refractivity contribution in [3.05, 3.63) is 0 Å². The zero-order valence-corrected chi connectivity index (χ0v) is 10.9. The van der Waals surface area contributed by atoms with Crippen molar-refractivity contribution in [3.63, 3.8) is 0 Å². The Balaban J connectivity index is 1.50. The molecule has 100 valence electrons. The molecule has 1 spiro atoms. The molecule has 4 nitrogen and oxygen atoms in total. The molecular weight excluding hydrogens is 228 g/mol. The van der Waals surface area contributed by atoms with Gasteiger partial charge in [0, 0.05) is 19.6 Å². The van der Waals surface area contributed by atoms with Gasteiger partial charge in [0.25, 0.3) is 0 Å². The average molecular weight is 250 g/mol. The fourth-order valence-electron chi connectivity index (χ4n) is 3.65. The summed E-state index contributed by atoms with van der Waals surface area (Å²) < 4.78 is 11.7. The van der Waals surface area contributed by atoms with Gasteiger partial charge >= 0.3 is 0 Å². The lowest BCUT2D eigenvalue weighted by atomic mass is 9.98. The van der Waals surface area contributed by atoms with E-state index in [1.165, 1.54) is 38.5 Å². The zero-order chi connectivity index (χ0) is 12.4. The molecule has 0 aromatic rings. The van der Waals surface area contributed by atoms with Crippen LogP contribution in [0.3, 0.4) is 0 Å². The van der Waals surface area contributed by atoms with Gasteiger partial charge in [0.1, 0.15) is 0 Å². The quantitative estimate of drug-likeness (QED) is 0.748. The summed E-state index contributed by atoms with van der Waals surface area (Å²) in [5.41, 5.74) is 0.228. The van der Waals surface area contributed by atoms with E-state index in [9.17, 15) is 0 Å². The third kappa shape index (κ3) is 2.54. The Kier molecular flexibility index (Phi) is 3.56. The summed E-state index contributed by atoms with van der Waals surface area (Å²) in [5, 5.41) is 8.90. The van der Waals surface area contributed by atoms with Gasteiger partial charge in [0.05, 0.1) is 24.4 Å². The first-order chi connectivity index (χ1) is 8.80. The first-order valence-corrected chi connectivity index (χ1v) is 7.21. The van der Waals surface area contributed by atoms with Crippen molar-refractivity contribution in [3.8, 4) is 6.07 Å². The Morgan fingerprint density at radius 2 is 2.11 bits per heavy atom. The molecule has 2 unspecified atom stereocenters. The van der Waals surface area contributed by atoms with E-state index in [1.54, 1.807) is 0 Å². The van der Waals surface area contributed by atoms with E-state index in [2.05, 4.69) is 11.0 Å². The summed E-state index contributed by atoms with van der Waals surface area (Å²) in [6.45, 7) is 3.33. The van der Waals surface area contributed by atoms with E-state index in [1.807, 2.05) is 0 Å². The maximum absolute atomic E-state index is 8.90. The summed E-state index contributed by atoms with van der Waals surface area (Å²) in [5.74, 6) is 0. The summed E-state index contributed by atoms with van der Waals surface area (Å²) in [6, 6.07) is 2.20. The van der Waals surface area contributed by atoms with Crippen LogP contribution in [0.15, 0.2) is 0 Å². The number of rotatable bonds is 2. The Labute approximate surface area is 109 Å². The average Bonchev–Trinajstić information content (AvgIpc) is 3.01. The minimum atomic E-state index is -0.249. The van der Waals surface area contributed by atoms with Crippen molar-refractivity contribution in [2.75, 3.05) is 26.2 Å². The van der Waals surface area contributed by atoms with E-state index in [4.69, 9.17) is 14.7 Å². The number of hydrogen-bond acceptors (Lipinski definition) is 4. The van der Waals surface area contributed by atoms with Gasteiger partial charge < -0.3 is 9.47 Å². The summed E-state index contributed by atoms with van der Waals surface area (Å²) in [6.07, 6.45) is 7.74. The molecule has 3 aliphatic rings. The molecule has 3 fully saturated rings. The molecule has 2 saturated heterocycles. The highest BCUT2D eigenvalue weighted by atomic mass is 16.5. The highest BCUT2D eigenvalue weighted by Gasteiger charge is 2.42. The number of hydrogen-bond donors (Lipinski definition) is 0. The third-order valence-corrected chi connectivity index (χ3v) is 4.61. The second-order valence-corrected chi connectivity index (χ2v) is 5.92. The minimum Gasteiger partial charge on any atom is -0.370 e. The van der Waals surface area contributed by atoms with Crippen LogP contribution in [0.5, 0.6) is 0 Å². The van der Waals surface area contributed by atoms with E-state index in [-0.39, 0.29) is 11.7 Å². The summed E-state index contributed by atoms with van der Waals surface area (Å²) >= 11 is 0. The smallest absolute Gasteiger partial charge is 0.156 e. The molecule has 0 radical (unpaired) electrons. The van der Waals surface area contributed by atoms with Gasteiger partial charge in [0.15, 0.2) is 6.10 Å². The molecule has 2 heterocycles. The van der Waals surface area contributed by atoms with E-state index in [0.29, 0.717) is 12.7 Å². The van der Waals surface area contributed by atoms with Gasteiger partial charge in [0.2, 0.25) is 0 Å². The maximum Gasteiger partial charge on any atom is 0.156 e. The van der Waals surface area contributed by atoms with Crippen molar-refractivity contribution in [1.29, 1.82) is 5.26 Å². The molecule has 0 aromatic carbocycles. The van der Waals surface area contributed by atoms with Gasteiger partial charge in [-0.05, 0) is 25.7 Å². The molecule has 0 N–H and O–H groups in total. The molecule has 2 atom stereocenters. The largest absolute Gasteiger partial charge is 0.370 e. The van der Waals surface area contributed by atoms with Crippen LogP contribution >= 0.6 is 0 Å². The molecular formula is C14H22N2O2. The fraction of sp³-hybridized carbons (Fsp3) is 0.929. The van der Waals surface area contributed by atoms with Crippen molar-refractivity contribution < 1.29 is 9.47 Å². The molecule has 3 rings (SSSR count). The van der Waals surface area contributed by atoms with Crippen molar-refractivity contribution >= 4 is 0 Å². The highest BCUT2D eigenvalue weighted by Crippen LogP contribution is 2.43. The second-order valence-electron chi connectivity index (χ2n) is 5.92. The summed E-state index contributed by atoms with van der Waals surface area (Å²) in [7, 11) is 0. The van der Waals surface area contributed by atoms with Crippen LogP contribution in [-0.4, -0.2) is 49.0 Å². The minimum absolute atomic E-state index is 0.228. The predicted octanol–water partition coefficient (Wildman–Crippen LogP) is 1.70. The number of nitrogens with zero attached hydrogens (tertiary/aromatic N) is 2. The maximum atomic E-state index is 8.90. The van der Waals surface area contributed by atoms with Gasteiger partial charge in [-0.25, -0.2) is 0 Å². The van der Waals surface area contributed by atoms with E-state index >= 15 is 0 Å². The Morgan fingerprint density at radius 1 is 1.28 bits per heavy atom. The first kappa shape index (κ1) is 12.4. The van der Waals surface area contributed by atoms with Crippen molar-refractivity contribution in [1.82, 2.24) is 4.90 Å². The van der Waals surface area contributed by atoms with Gasteiger partial charge in [-0.2, -0.15) is 5.26 Å². The van der Waals surface area contributed by atoms with Crippen LogP contribution in [0, 0.1) is 11.3 Å². The Morgan fingerprint density at radius 3 is 2.89 bits per heavy atom. The topological polar surface area (TPSA) is 45.5 Å². The van der Waals surface area contributed by atoms with Crippen molar-refractivity contribution in [2.24, 2.45) is 0 Å². The Bertz CT molecular complexity index is 333. The van der Waals surface area contributed by atoms with E-state index in [0.717, 1.165) is 19.6 Å². The Hall–Kier alpha value is -0.630. The van der Waals surface area contributed by atoms with Crippen LogP contribution < -0.4 is 0 Å². The fourth-order valence-corrected chi connectivity index (χ4v) is 3.65. The lowest BCUT2D eigenvalue weighted by Crippen LogP contribution is -2.45. The molecule has 0 amide bonds. The van der Waals surface area contributed by atoms with Crippen LogP contribution in [0.1, 0.15) is 38.5 Å². The number of nitriles is 1. The van der Waals surface area contributed by atoms with Gasteiger partial charge in [-0.15, -0.1) is 0 Å². The van der Waals surface area contributed by atoms with Crippen LogP contribution in [0.2, 0.25) is 0 Å². The molecule has 1 saturated carbocycles. The van der Waals surface area contributed by atoms with Crippen LogP contribution in [0.4, 0.5) is 0 Å². The predicted molar refractivity (Wildman–Crippen MR) is 67.1 cm³/mol. The standard InChI is InChI=1S/C14H22N2O2/c15-9-13-11-16(7-8-17-13)10-12-3-6-14(18-12)4-1-2-5-14/h12-13H,1-8,10-11H2. The first-order valence-electron chi connectivity index (χ1n) is 7.21. The second kappa shape index (κ2) is 5.16. The highest BCUT2D eigenvalue weighted by molar-refractivity contribution is 4.95. The van der Waals surface area contributed by atoms with Crippen LogP contribution in [-0.2, 0) is 9.47 Å². The molecule has 18 heavy (non-hydrogen) atoms. The number of morpholine rings is 1. The van der Waals surface area contributed by atoms with Crippen molar-refractivity contribution in [2.45, 2.75) is 56.3 Å². The monoisotopic (exact) mass is 250 g/mol. The number of ether oxygens (including phenoxy) is 2. The lowest BCUT2D eigenvalue weighted by Gasteiger charge is -2.32. The molecule has 0 aromatic heterocycles. The van der Waals surface area contributed by atoms with E-state index < -0.39 is 0 Å².